The Morgan fingerprint density at radius 2 is 1.89 bits per heavy atom. The van der Waals surface area contributed by atoms with Crippen LogP contribution in [-0.4, -0.2) is 47.7 Å². The molecule has 3 aliphatic rings. The maximum absolute atomic E-state index is 9.44. The Hall–Kier alpha value is -0.460. The van der Waals surface area contributed by atoms with Crippen LogP contribution in [0.3, 0.4) is 0 Å². The Labute approximate surface area is 107 Å². The summed E-state index contributed by atoms with van der Waals surface area (Å²) in [5.74, 6) is -0.680. The molecular formula is C13H20O5. The van der Waals surface area contributed by atoms with Crippen LogP contribution in [0.5, 0.6) is 0 Å². The molecule has 2 fully saturated rings. The van der Waals surface area contributed by atoms with E-state index in [4.69, 9.17) is 18.9 Å². The van der Waals surface area contributed by atoms with E-state index in [-0.39, 0.29) is 30.5 Å². The molecule has 0 bridgehead atoms. The maximum Gasteiger partial charge on any atom is 0.190 e. The zero-order chi connectivity index (χ0) is 13.1. The van der Waals surface area contributed by atoms with E-state index in [0.29, 0.717) is 0 Å². The fraction of sp³-hybridized carbons (Fsp3) is 0.846. The summed E-state index contributed by atoms with van der Waals surface area (Å²) in [4.78, 5) is 0. The van der Waals surface area contributed by atoms with Crippen molar-refractivity contribution >= 4 is 0 Å². The molecule has 3 unspecified atom stereocenters. The van der Waals surface area contributed by atoms with Gasteiger partial charge in [-0.15, -0.1) is 0 Å². The Bertz CT molecular complexity index is 387. The van der Waals surface area contributed by atoms with Crippen LogP contribution in [0, 0.1) is 0 Å². The van der Waals surface area contributed by atoms with Crippen molar-refractivity contribution in [1.29, 1.82) is 0 Å². The lowest BCUT2D eigenvalue weighted by Crippen LogP contribution is -2.49. The molecule has 0 radical (unpaired) electrons. The lowest BCUT2D eigenvalue weighted by molar-refractivity contribution is -0.212. The van der Waals surface area contributed by atoms with Gasteiger partial charge in [-0.1, -0.05) is 0 Å². The molecular weight excluding hydrogens is 236 g/mol. The summed E-state index contributed by atoms with van der Waals surface area (Å²) in [7, 11) is 0. The SMILES string of the molecule is CC1(C)C=C2C(CO)O[C@@H]3OC(C)(C)OC3C2O1. The zero-order valence-electron chi connectivity index (χ0n) is 11.2. The minimum atomic E-state index is -0.680. The van der Waals surface area contributed by atoms with E-state index in [1.165, 1.54) is 0 Å². The lowest BCUT2D eigenvalue weighted by atomic mass is 9.95. The predicted molar refractivity (Wildman–Crippen MR) is 62.8 cm³/mol. The first kappa shape index (κ1) is 12.6. The van der Waals surface area contributed by atoms with Gasteiger partial charge in [0.25, 0.3) is 0 Å². The average molecular weight is 256 g/mol. The highest BCUT2D eigenvalue weighted by Crippen LogP contribution is 2.44. The van der Waals surface area contributed by atoms with E-state index in [1.54, 1.807) is 0 Å². The van der Waals surface area contributed by atoms with Crippen molar-refractivity contribution in [3.8, 4) is 0 Å². The number of fused-ring (bicyclic) bond motifs is 3. The van der Waals surface area contributed by atoms with Gasteiger partial charge in [-0.05, 0) is 39.3 Å². The van der Waals surface area contributed by atoms with E-state index < -0.39 is 12.1 Å². The second-order valence-electron chi connectivity index (χ2n) is 6.06. The van der Waals surface area contributed by atoms with E-state index >= 15 is 0 Å². The fourth-order valence-corrected chi connectivity index (χ4v) is 2.90. The van der Waals surface area contributed by atoms with Gasteiger partial charge >= 0.3 is 0 Å². The van der Waals surface area contributed by atoms with Crippen LogP contribution in [-0.2, 0) is 18.9 Å². The molecule has 0 aromatic carbocycles. The number of aliphatic hydroxyl groups is 1. The smallest absolute Gasteiger partial charge is 0.190 e. The Kier molecular flexibility index (Phi) is 2.63. The van der Waals surface area contributed by atoms with E-state index in [2.05, 4.69) is 0 Å². The quantitative estimate of drug-likeness (QED) is 0.708. The number of hydrogen-bond acceptors (Lipinski definition) is 5. The number of rotatable bonds is 1. The second-order valence-corrected chi connectivity index (χ2v) is 6.06. The molecule has 3 aliphatic heterocycles. The van der Waals surface area contributed by atoms with Crippen molar-refractivity contribution in [1.82, 2.24) is 0 Å². The van der Waals surface area contributed by atoms with Crippen LogP contribution in [0.1, 0.15) is 27.7 Å². The molecule has 5 heteroatoms. The third-order valence-electron chi connectivity index (χ3n) is 3.50. The summed E-state index contributed by atoms with van der Waals surface area (Å²) in [6, 6.07) is 0. The molecule has 0 aromatic heterocycles. The van der Waals surface area contributed by atoms with Crippen LogP contribution in [0.25, 0.3) is 0 Å². The van der Waals surface area contributed by atoms with Gasteiger partial charge in [-0.2, -0.15) is 0 Å². The highest BCUT2D eigenvalue weighted by atomic mass is 16.8. The molecule has 0 saturated carbocycles. The summed E-state index contributed by atoms with van der Waals surface area (Å²) >= 11 is 0. The summed E-state index contributed by atoms with van der Waals surface area (Å²) in [6.07, 6.45) is 0.709. The molecule has 0 amide bonds. The topological polar surface area (TPSA) is 57.2 Å². The van der Waals surface area contributed by atoms with Gasteiger partial charge in [-0.3, -0.25) is 0 Å². The maximum atomic E-state index is 9.44. The molecule has 0 aromatic rings. The Morgan fingerprint density at radius 1 is 1.17 bits per heavy atom. The van der Waals surface area contributed by atoms with Gasteiger partial charge in [0.1, 0.15) is 18.3 Å². The van der Waals surface area contributed by atoms with Gasteiger partial charge in [-0.25, -0.2) is 0 Å². The van der Waals surface area contributed by atoms with Crippen molar-refractivity contribution in [2.45, 2.75) is 63.7 Å². The normalized spacial score (nSPS) is 44.4. The van der Waals surface area contributed by atoms with Gasteiger partial charge in [0.15, 0.2) is 12.1 Å². The van der Waals surface area contributed by atoms with E-state index in [9.17, 15) is 5.11 Å². The number of hydrogen-bond donors (Lipinski definition) is 1. The van der Waals surface area contributed by atoms with Gasteiger partial charge in [0.2, 0.25) is 0 Å². The Balaban J connectivity index is 1.92. The average Bonchev–Trinajstić information content (AvgIpc) is 2.71. The van der Waals surface area contributed by atoms with Crippen LogP contribution >= 0.6 is 0 Å². The third kappa shape index (κ3) is 1.90. The third-order valence-corrected chi connectivity index (χ3v) is 3.50. The molecule has 5 nitrogen and oxygen atoms in total. The van der Waals surface area contributed by atoms with Crippen LogP contribution in [0.4, 0.5) is 0 Å². The monoisotopic (exact) mass is 256 g/mol. The molecule has 102 valence electrons. The first-order valence-corrected chi connectivity index (χ1v) is 6.34. The molecule has 0 spiro atoms. The van der Waals surface area contributed by atoms with E-state index in [1.807, 2.05) is 33.8 Å². The summed E-state index contributed by atoms with van der Waals surface area (Å²) in [6.45, 7) is 7.61. The van der Waals surface area contributed by atoms with Crippen LogP contribution in [0.15, 0.2) is 11.6 Å². The molecule has 0 aliphatic carbocycles. The van der Waals surface area contributed by atoms with Crippen molar-refractivity contribution < 1.29 is 24.1 Å². The molecule has 3 rings (SSSR count). The minimum Gasteiger partial charge on any atom is -0.393 e. The first-order valence-electron chi connectivity index (χ1n) is 6.34. The number of ether oxygens (including phenoxy) is 4. The predicted octanol–water partition coefficient (Wildman–Crippen LogP) is 0.959. The highest BCUT2D eigenvalue weighted by Gasteiger charge is 2.55. The Morgan fingerprint density at radius 3 is 2.56 bits per heavy atom. The van der Waals surface area contributed by atoms with Crippen molar-refractivity contribution in [3.05, 3.63) is 11.6 Å². The van der Waals surface area contributed by atoms with Crippen LogP contribution < -0.4 is 0 Å². The first-order chi connectivity index (χ1) is 8.31. The molecule has 1 N–H and O–H groups in total. The molecule has 4 atom stereocenters. The van der Waals surface area contributed by atoms with Crippen LogP contribution in [0.2, 0.25) is 0 Å². The summed E-state index contributed by atoms with van der Waals surface area (Å²) in [5.41, 5.74) is 0.604. The largest absolute Gasteiger partial charge is 0.393 e. The second kappa shape index (κ2) is 3.77. The minimum absolute atomic E-state index is 0.0746. The fourth-order valence-electron chi connectivity index (χ4n) is 2.90. The van der Waals surface area contributed by atoms with Gasteiger partial charge in [0, 0.05) is 0 Å². The summed E-state index contributed by atoms with van der Waals surface area (Å²) in [5, 5.41) is 9.44. The molecule has 3 heterocycles. The van der Waals surface area contributed by atoms with Gasteiger partial charge < -0.3 is 24.1 Å². The molecule has 18 heavy (non-hydrogen) atoms. The number of aliphatic hydroxyl groups excluding tert-OH is 1. The van der Waals surface area contributed by atoms with Gasteiger partial charge in [0.05, 0.1) is 12.2 Å². The van der Waals surface area contributed by atoms with Crippen molar-refractivity contribution in [2.24, 2.45) is 0 Å². The van der Waals surface area contributed by atoms with E-state index in [0.717, 1.165) is 5.57 Å². The van der Waals surface area contributed by atoms with Crippen molar-refractivity contribution in [3.63, 3.8) is 0 Å². The molecule has 2 saturated heterocycles. The lowest BCUT2D eigenvalue weighted by Gasteiger charge is -2.35. The van der Waals surface area contributed by atoms with Crippen molar-refractivity contribution in [2.75, 3.05) is 6.61 Å². The summed E-state index contributed by atoms with van der Waals surface area (Å²) < 4.78 is 23.3. The standard InChI is InChI=1S/C13H20O5/c1-12(2)5-7-8(6-14)15-11-10(9(7)16-12)17-13(3,4)18-11/h5,8-11,14H,6H2,1-4H3/t8?,9?,10?,11-/m1/s1. The highest BCUT2D eigenvalue weighted by molar-refractivity contribution is 5.28. The zero-order valence-corrected chi connectivity index (χ0v) is 11.2.